The SMILES string of the molecule is Cc1ccc(/C=C\S(=O)(=O)N2CCN(c3ccc(-c4ccc5ccccc5c4)nn3)CC2)cc1. The van der Waals surface area contributed by atoms with E-state index >= 15 is 0 Å². The molecular formula is C27H26N4O2S. The van der Waals surface area contributed by atoms with Gasteiger partial charge >= 0.3 is 0 Å². The molecule has 0 atom stereocenters. The highest BCUT2D eigenvalue weighted by atomic mass is 32.2. The normalized spacial score (nSPS) is 15.3. The zero-order chi connectivity index (χ0) is 23.5. The first-order valence-corrected chi connectivity index (χ1v) is 12.8. The van der Waals surface area contributed by atoms with Crippen LogP contribution in [-0.4, -0.2) is 49.1 Å². The highest BCUT2D eigenvalue weighted by molar-refractivity contribution is 7.92. The van der Waals surface area contributed by atoms with Crippen molar-refractivity contribution in [3.8, 4) is 11.3 Å². The minimum atomic E-state index is -3.47. The fraction of sp³-hybridized carbons (Fsp3) is 0.185. The van der Waals surface area contributed by atoms with Gasteiger partial charge in [-0.2, -0.15) is 4.31 Å². The number of aromatic nitrogens is 2. The molecule has 34 heavy (non-hydrogen) atoms. The summed E-state index contributed by atoms with van der Waals surface area (Å²) in [4.78, 5) is 2.08. The molecule has 2 heterocycles. The van der Waals surface area contributed by atoms with Crippen molar-refractivity contribution in [3.63, 3.8) is 0 Å². The Balaban J connectivity index is 1.23. The minimum absolute atomic E-state index is 0.411. The average molecular weight is 471 g/mol. The maximum atomic E-state index is 12.8. The van der Waals surface area contributed by atoms with Gasteiger partial charge in [-0.25, -0.2) is 8.42 Å². The Kier molecular flexibility index (Phi) is 6.13. The number of rotatable bonds is 5. The van der Waals surface area contributed by atoms with Crippen molar-refractivity contribution < 1.29 is 8.42 Å². The van der Waals surface area contributed by atoms with Crippen molar-refractivity contribution in [3.05, 3.63) is 95.4 Å². The number of nitrogens with zero attached hydrogens (tertiary/aromatic N) is 4. The summed E-state index contributed by atoms with van der Waals surface area (Å²) >= 11 is 0. The second-order valence-corrected chi connectivity index (χ2v) is 10.3. The van der Waals surface area contributed by atoms with Gasteiger partial charge in [0, 0.05) is 37.2 Å². The Morgan fingerprint density at radius 2 is 1.53 bits per heavy atom. The summed E-state index contributed by atoms with van der Waals surface area (Å²) in [5.41, 5.74) is 3.85. The zero-order valence-corrected chi connectivity index (χ0v) is 19.8. The van der Waals surface area contributed by atoms with Gasteiger partial charge in [-0.1, -0.05) is 66.2 Å². The van der Waals surface area contributed by atoms with Crippen molar-refractivity contribution in [2.45, 2.75) is 6.92 Å². The van der Waals surface area contributed by atoms with Crippen LogP contribution in [0.25, 0.3) is 28.1 Å². The predicted octanol–water partition coefficient (Wildman–Crippen LogP) is 4.73. The molecule has 0 N–H and O–H groups in total. The molecule has 0 radical (unpaired) electrons. The second kappa shape index (κ2) is 9.37. The van der Waals surface area contributed by atoms with Crippen LogP contribution in [0, 0.1) is 6.92 Å². The third-order valence-electron chi connectivity index (χ3n) is 6.13. The molecule has 0 amide bonds. The van der Waals surface area contributed by atoms with Crippen LogP contribution in [0.15, 0.2) is 84.3 Å². The molecule has 6 nitrogen and oxygen atoms in total. The van der Waals surface area contributed by atoms with Gasteiger partial charge < -0.3 is 4.90 Å². The predicted molar refractivity (Wildman–Crippen MR) is 138 cm³/mol. The summed E-state index contributed by atoms with van der Waals surface area (Å²) < 4.78 is 27.0. The van der Waals surface area contributed by atoms with Crippen molar-refractivity contribution >= 4 is 32.7 Å². The van der Waals surface area contributed by atoms with E-state index in [0.717, 1.165) is 28.2 Å². The Morgan fingerprint density at radius 1 is 0.794 bits per heavy atom. The van der Waals surface area contributed by atoms with Gasteiger partial charge in [-0.15, -0.1) is 10.2 Å². The van der Waals surface area contributed by atoms with Crippen LogP contribution in [0.4, 0.5) is 5.82 Å². The lowest BCUT2D eigenvalue weighted by atomic mass is 10.1. The first kappa shape index (κ1) is 22.3. The summed E-state index contributed by atoms with van der Waals surface area (Å²) in [7, 11) is -3.47. The van der Waals surface area contributed by atoms with Crippen molar-refractivity contribution in [1.29, 1.82) is 0 Å². The first-order chi connectivity index (χ1) is 16.5. The molecule has 5 rings (SSSR count). The lowest BCUT2D eigenvalue weighted by Crippen LogP contribution is -2.48. The first-order valence-electron chi connectivity index (χ1n) is 11.3. The van der Waals surface area contributed by atoms with Gasteiger partial charge in [0.25, 0.3) is 0 Å². The average Bonchev–Trinajstić information content (AvgIpc) is 2.88. The summed E-state index contributed by atoms with van der Waals surface area (Å²) in [5, 5.41) is 12.5. The number of fused-ring (bicyclic) bond motifs is 1. The number of piperazine rings is 1. The summed E-state index contributed by atoms with van der Waals surface area (Å²) in [5.74, 6) is 0.761. The van der Waals surface area contributed by atoms with E-state index in [-0.39, 0.29) is 0 Å². The van der Waals surface area contributed by atoms with E-state index in [0.29, 0.717) is 26.2 Å². The molecule has 0 unspecified atom stereocenters. The quantitative estimate of drug-likeness (QED) is 0.422. The standard InChI is InChI=1S/C27H26N4O2S/c1-21-6-8-22(9-7-21)14-19-34(32,33)31-17-15-30(16-18-31)27-13-12-26(28-29-27)25-11-10-23-4-2-3-5-24(23)20-25/h2-14,19-20H,15-18H2,1H3/b19-14-. The Morgan fingerprint density at radius 3 is 2.24 bits per heavy atom. The van der Waals surface area contributed by atoms with Gasteiger partial charge in [-0.05, 0) is 47.5 Å². The van der Waals surface area contributed by atoms with Gasteiger partial charge in [0.1, 0.15) is 0 Å². The lowest BCUT2D eigenvalue weighted by molar-refractivity contribution is 0.388. The maximum Gasteiger partial charge on any atom is 0.236 e. The fourth-order valence-corrected chi connectivity index (χ4v) is 5.27. The van der Waals surface area contributed by atoms with E-state index in [1.165, 1.54) is 20.5 Å². The fourth-order valence-electron chi connectivity index (χ4n) is 4.10. The Labute approximate surface area is 200 Å². The second-order valence-electron chi connectivity index (χ2n) is 8.48. The third-order valence-corrected chi connectivity index (χ3v) is 7.69. The van der Waals surface area contributed by atoms with Crippen LogP contribution in [-0.2, 0) is 10.0 Å². The monoisotopic (exact) mass is 470 g/mol. The molecule has 0 aliphatic carbocycles. The van der Waals surface area contributed by atoms with Gasteiger partial charge in [0.2, 0.25) is 10.0 Å². The van der Waals surface area contributed by atoms with Gasteiger partial charge in [-0.3, -0.25) is 0 Å². The number of benzene rings is 3. The number of aryl methyl sites for hydroxylation is 1. The molecule has 1 fully saturated rings. The maximum absolute atomic E-state index is 12.8. The Hall–Kier alpha value is -3.55. The third kappa shape index (κ3) is 4.85. The summed E-state index contributed by atoms with van der Waals surface area (Å²) in [6.45, 7) is 3.97. The van der Waals surface area contributed by atoms with Crippen LogP contribution in [0.1, 0.15) is 11.1 Å². The van der Waals surface area contributed by atoms with Crippen LogP contribution < -0.4 is 4.90 Å². The highest BCUT2D eigenvalue weighted by Crippen LogP contribution is 2.24. The summed E-state index contributed by atoms with van der Waals surface area (Å²) in [6.07, 6.45) is 1.65. The smallest absolute Gasteiger partial charge is 0.236 e. The molecule has 0 spiro atoms. The van der Waals surface area contributed by atoms with E-state index < -0.39 is 10.0 Å². The van der Waals surface area contributed by atoms with E-state index in [4.69, 9.17) is 0 Å². The largest absolute Gasteiger partial charge is 0.352 e. The number of anilines is 1. The highest BCUT2D eigenvalue weighted by Gasteiger charge is 2.25. The van der Waals surface area contributed by atoms with Crippen LogP contribution in [0.5, 0.6) is 0 Å². The van der Waals surface area contributed by atoms with Crippen LogP contribution >= 0.6 is 0 Å². The van der Waals surface area contributed by atoms with Crippen molar-refractivity contribution in [1.82, 2.24) is 14.5 Å². The molecule has 0 saturated carbocycles. The zero-order valence-electron chi connectivity index (χ0n) is 19.0. The van der Waals surface area contributed by atoms with Gasteiger partial charge in [0.05, 0.1) is 5.69 Å². The lowest BCUT2D eigenvalue weighted by Gasteiger charge is -2.33. The molecule has 1 aliphatic heterocycles. The molecule has 4 aromatic rings. The Bertz CT molecular complexity index is 1420. The molecule has 1 aliphatic rings. The molecule has 7 heteroatoms. The van der Waals surface area contributed by atoms with Crippen molar-refractivity contribution in [2.75, 3.05) is 31.1 Å². The molecule has 3 aromatic carbocycles. The molecule has 1 saturated heterocycles. The molecule has 172 valence electrons. The molecule has 1 aromatic heterocycles. The summed E-state index contributed by atoms with van der Waals surface area (Å²) in [6, 6.07) is 26.2. The van der Waals surface area contributed by atoms with Gasteiger partial charge in [0.15, 0.2) is 5.82 Å². The topological polar surface area (TPSA) is 66.4 Å². The van der Waals surface area contributed by atoms with E-state index in [1.807, 2.05) is 55.5 Å². The number of hydrogen-bond donors (Lipinski definition) is 0. The molecular weight excluding hydrogens is 444 g/mol. The number of hydrogen-bond acceptors (Lipinski definition) is 5. The van der Waals surface area contributed by atoms with E-state index in [2.05, 4.69) is 45.4 Å². The van der Waals surface area contributed by atoms with E-state index in [1.54, 1.807) is 6.08 Å². The van der Waals surface area contributed by atoms with E-state index in [9.17, 15) is 8.42 Å². The van der Waals surface area contributed by atoms with Crippen molar-refractivity contribution in [2.24, 2.45) is 0 Å². The van der Waals surface area contributed by atoms with Crippen LogP contribution in [0.2, 0.25) is 0 Å². The minimum Gasteiger partial charge on any atom is -0.352 e. The number of sulfonamides is 1. The van der Waals surface area contributed by atoms with Crippen LogP contribution in [0.3, 0.4) is 0 Å². The molecule has 0 bridgehead atoms.